The Labute approximate surface area is 101 Å². The number of thiophene rings is 1. The van der Waals surface area contributed by atoms with Gasteiger partial charge >= 0.3 is 0 Å². The van der Waals surface area contributed by atoms with E-state index >= 15 is 0 Å². The predicted octanol–water partition coefficient (Wildman–Crippen LogP) is 2.78. The van der Waals surface area contributed by atoms with Crippen molar-refractivity contribution < 1.29 is 4.79 Å². The maximum Gasteiger partial charge on any atom is 0.249 e. The quantitative estimate of drug-likeness (QED) is 0.853. The number of carbonyl (C=O) groups is 1. The van der Waals surface area contributed by atoms with Gasteiger partial charge in [0, 0.05) is 0 Å². The summed E-state index contributed by atoms with van der Waals surface area (Å²) in [6.45, 7) is 1.79. The van der Waals surface area contributed by atoms with Crippen LogP contribution in [-0.2, 0) is 4.79 Å². The van der Waals surface area contributed by atoms with Gasteiger partial charge in [-0.2, -0.15) is 0 Å². The molecule has 0 unspecified atom stereocenters. The van der Waals surface area contributed by atoms with Gasteiger partial charge in [-0.05, 0) is 24.4 Å². The summed E-state index contributed by atoms with van der Waals surface area (Å²) in [6.07, 6.45) is 3.13. The van der Waals surface area contributed by atoms with Crippen LogP contribution in [0.3, 0.4) is 0 Å². The molecule has 0 aliphatic heterocycles. The maximum absolute atomic E-state index is 11.3. The average molecular weight is 251 g/mol. The van der Waals surface area contributed by atoms with Crippen LogP contribution in [0.1, 0.15) is 6.92 Å². The second-order valence-electron chi connectivity index (χ2n) is 2.88. The molecule has 82 valence electrons. The van der Waals surface area contributed by atoms with Gasteiger partial charge in [0.2, 0.25) is 11.0 Å². The molecule has 6 heteroatoms. The lowest BCUT2D eigenvalue weighted by Crippen LogP contribution is -2.07. The van der Waals surface area contributed by atoms with Gasteiger partial charge in [-0.1, -0.05) is 23.5 Å². The summed E-state index contributed by atoms with van der Waals surface area (Å²) in [5.41, 5.74) is 0. The first kappa shape index (κ1) is 11.0. The van der Waals surface area contributed by atoms with Crippen LogP contribution in [-0.4, -0.2) is 16.1 Å². The van der Waals surface area contributed by atoms with Gasteiger partial charge in [-0.15, -0.1) is 21.5 Å². The first-order chi connectivity index (χ1) is 7.79. The highest BCUT2D eigenvalue weighted by Crippen LogP contribution is 2.29. The van der Waals surface area contributed by atoms with Gasteiger partial charge < -0.3 is 0 Å². The first-order valence-electron chi connectivity index (χ1n) is 4.60. The van der Waals surface area contributed by atoms with Gasteiger partial charge in [0.15, 0.2) is 5.01 Å². The van der Waals surface area contributed by atoms with E-state index in [1.165, 1.54) is 17.4 Å². The van der Waals surface area contributed by atoms with Gasteiger partial charge in [0.1, 0.15) is 0 Å². The smallest absolute Gasteiger partial charge is 0.249 e. The molecule has 0 spiro atoms. The van der Waals surface area contributed by atoms with E-state index in [0.29, 0.717) is 5.13 Å². The molecule has 2 aromatic rings. The minimum atomic E-state index is -0.184. The molecule has 4 nitrogen and oxygen atoms in total. The molecule has 0 aromatic carbocycles. The van der Waals surface area contributed by atoms with Crippen LogP contribution < -0.4 is 5.32 Å². The Bertz CT molecular complexity index is 502. The topological polar surface area (TPSA) is 54.9 Å². The van der Waals surface area contributed by atoms with E-state index < -0.39 is 0 Å². The van der Waals surface area contributed by atoms with Crippen molar-refractivity contribution in [2.45, 2.75) is 6.92 Å². The minimum absolute atomic E-state index is 0.184. The van der Waals surface area contributed by atoms with E-state index in [9.17, 15) is 4.79 Å². The zero-order valence-electron chi connectivity index (χ0n) is 8.51. The normalized spacial score (nSPS) is 10.8. The monoisotopic (exact) mass is 251 g/mol. The predicted molar refractivity (Wildman–Crippen MR) is 66.7 cm³/mol. The van der Waals surface area contributed by atoms with Crippen molar-refractivity contribution in [3.8, 4) is 9.88 Å². The molecule has 1 N–H and O–H groups in total. The third-order valence-electron chi connectivity index (χ3n) is 1.71. The number of hydrogen-bond acceptors (Lipinski definition) is 5. The number of nitrogens with zero attached hydrogens (tertiary/aromatic N) is 2. The number of allylic oxidation sites excluding steroid dienone is 1. The minimum Gasteiger partial charge on any atom is -0.297 e. The Morgan fingerprint density at radius 2 is 2.38 bits per heavy atom. The largest absolute Gasteiger partial charge is 0.297 e. The van der Waals surface area contributed by atoms with Crippen molar-refractivity contribution in [2.24, 2.45) is 0 Å². The Morgan fingerprint density at radius 1 is 1.50 bits per heavy atom. The molecule has 0 saturated carbocycles. The van der Waals surface area contributed by atoms with E-state index in [0.717, 1.165) is 9.88 Å². The second kappa shape index (κ2) is 5.00. The number of rotatable bonds is 3. The summed E-state index contributed by atoms with van der Waals surface area (Å²) in [4.78, 5) is 12.3. The molecule has 2 rings (SSSR count). The highest BCUT2D eigenvalue weighted by atomic mass is 32.1. The molecule has 2 aromatic heterocycles. The standard InChI is InChI=1S/C10H9N3OS2/c1-2-4-8(14)11-10-13-12-9(16-10)7-5-3-6-15-7/h2-6H,1H3,(H,11,13,14). The molecule has 16 heavy (non-hydrogen) atoms. The van der Waals surface area contributed by atoms with Crippen molar-refractivity contribution >= 4 is 33.7 Å². The molecular formula is C10H9N3OS2. The van der Waals surface area contributed by atoms with E-state index in [-0.39, 0.29) is 5.91 Å². The van der Waals surface area contributed by atoms with Crippen molar-refractivity contribution in [3.63, 3.8) is 0 Å². The van der Waals surface area contributed by atoms with E-state index in [4.69, 9.17) is 0 Å². The lowest BCUT2D eigenvalue weighted by molar-refractivity contribution is -0.111. The van der Waals surface area contributed by atoms with Crippen molar-refractivity contribution in [3.05, 3.63) is 29.7 Å². The number of amides is 1. The Kier molecular flexibility index (Phi) is 3.43. The molecule has 1 amide bonds. The zero-order valence-corrected chi connectivity index (χ0v) is 10.1. The molecule has 0 radical (unpaired) electrons. The fourth-order valence-electron chi connectivity index (χ4n) is 1.07. The van der Waals surface area contributed by atoms with Gasteiger partial charge in [-0.3, -0.25) is 10.1 Å². The molecule has 0 aliphatic rings. The highest BCUT2D eigenvalue weighted by molar-refractivity contribution is 7.23. The summed E-state index contributed by atoms with van der Waals surface area (Å²) >= 11 is 2.97. The Balaban J connectivity index is 2.11. The number of anilines is 1. The van der Waals surface area contributed by atoms with Crippen LogP contribution in [0.15, 0.2) is 29.7 Å². The zero-order chi connectivity index (χ0) is 11.4. The number of carbonyl (C=O) groups excluding carboxylic acids is 1. The molecule has 0 saturated heterocycles. The maximum atomic E-state index is 11.3. The third-order valence-corrected chi connectivity index (χ3v) is 3.58. The molecule has 2 heterocycles. The fraction of sp³-hybridized carbons (Fsp3) is 0.100. The molecule has 0 aliphatic carbocycles. The Morgan fingerprint density at radius 3 is 3.06 bits per heavy atom. The third kappa shape index (κ3) is 2.53. The van der Waals surface area contributed by atoms with Crippen molar-refractivity contribution in [1.29, 1.82) is 0 Å². The molecule has 0 atom stereocenters. The summed E-state index contributed by atoms with van der Waals surface area (Å²) < 4.78 is 0. The number of hydrogen-bond donors (Lipinski definition) is 1. The first-order valence-corrected chi connectivity index (χ1v) is 6.30. The second-order valence-corrected chi connectivity index (χ2v) is 4.80. The SMILES string of the molecule is CC=CC(=O)Nc1nnc(-c2cccs2)s1. The lowest BCUT2D eigenvalue weighted by Gasteiger charge is -1.92. The lowest BCUT2D eigenvalue weighted by atomic mass is 10.5. The highest BCUT2D eigenvalue weighted by Gasteiger charge is 2.08. The van der Waals surface area contributed by atoms with E-state index in [1.54, 1.807) is 24.3 Å². The van der Waals surface area contributed by atoms with Gasteiger partial charge in [0.05, 0.1) is 4.88 Å². The molecular weight excluding hydrogens is 242 g/mol. The van der Waals surface area contributed by atoms with Crippen LogP contribution in [0, 0.1) is 0 Å². The molecule has 0 fully saturated rings. The van der Waals surface area contributed by atoms with Crippen molar-refractivity contribution in [1.82, 2.24) is 10.2 Å². The van der Waals surface area contributed by atoms with E-state index in [1.807, 2.05) is 17.5 Å². The van der Waals surface area contributed by atoms with Crippen LogP contribution in [0.5, 0.6) is 0 Å². The van der Waals surface area contributed by atoms with Gasteiger partial charge in [-0.25, -0.2) is 0 Å². The summed E-state index contributed by atoms with van der Waals surface area (Å²) in [5, 5.41) is 13.9. The van der Waals surface area contributed by atoms with Crippen LogP contribution in [0.25, 0.3) is 9.88 Å². The average Bonchev–Trinajstić information content (AvgIpc) is 2.86. The summed E-state index contributed by atoms with van der Waals surface area (Å²) in [7, 11) is 0. The number of nitrogens with one attached hydrogen (secondary N) is 1. The summed E-state index contributed by atoms with van der Waals surface area (Å²) in [5.74, 6) is -0.184. The van der Waals surface area contributed by atoms with Crippen molar-refractivity contribution in [2.75, 3.05) is 5.32 Å². The number of aromatic nitrogens is 2. The van der Waals surface area contributed by atoms with Crippen LogP contribution >= 0.6 is 22.7 Å². The van der Waals surface area contributed by atoms with Gasteiger partial charge in [0.25, 0.3) is 0 Å². The fourth-order valence-corrected chi connectivity index (χ4v) is 2.61. The molecule has 0 bridgehead atoms. The van der Waals surface area contributed by atoms with E-state index in [2.05, 4.69) is 15.5 Å². The summed E-state index contributed by atoms with van der Waals surface area (Å²) in [6, 6.07) is 3.93. The Hall–Kier alpha value is -1.53. The van der Waals surface area contributed by atoms with Crippen LogP contribution in [0.4, 0.5) is 5.13 Å². The van der Waals surface area contributed by atoms with Crippen LogP contribution in [0.2, 0.25) is 0 Å².